The molecule has 0 aliphatic carbocycles. The summed E-state index contributed by atoms with van der Waals surface area (Å²) in [6.45, 7) is 2.45. The summed E-state index contributed by atoms with van der Waals surface area (Å²) in [4.78, 5) is 0. The van der Waals surface area contributed by atoms with Crippen LogP contribution in [-0.2, 0) is 10.0 Å². The highest BCUT2D eigenvalue weighted by Crippen LogP contribution is 2.13. The molecule has 1 unspecified atom stereocenters. The van der Waals surface area contributed by atoms with Gasteiger partial charge in [-0.15, -0.1) is 11.6 Å². The average Bonchev–Trinajstić information content (AvgIpc) is 2.37. The zero-order valence-corrected chi connectivity index (χ0v) is 12.2. The fourth-order valence-electron chi connectivity index (χ4n) is 1.61. The van der Waals surface area contributed by atoms with Crippen LogP contribution in [-0.4, -0.2) is 26.6 Å². The van der Waals surface area contributed by atoms with Crippen LogP contribution in [0.5, 0.6) is 0 Å². The maximum Gasteiger partial charge on any atom is 0.211 e. The van der Waals surface area contributed by atoms with Crippen molar-refractivity contribution in [3.63, 3.8) is 0 Å². The fourth-order valence-corrected chi connectivity index (χ4v) is 3.03. The lowest BCUT2D eigenvalue weighted by atomic mass is 10.0. The third-order valence-electron chi connectivity index (χ3n) is 2.77. The van der Waals surface area contributed by atoms with Crippen molar-refractivity contribution in [1.29, 1.82) is 0 Å². The number of sulfonamides is 1. The first-order valence-electron chi connectivity index (χ1n) is 6.13. The molecule has 0 saturated carbocycles. The second-order valence-corrected chi connectivity index (χ2v) is 6.68. The number of unbranched alkanes of at least 4 members (excludes halogenated alkanes) is 1. The van der Waals surface area contributed by atoms with Gasteiger partial charge in [-0.25, -0.2) is 13.1 Å². The molecule has 102 valence electrons. The van der Waals surface area contributed by atoms with E-state index in [0.29, 0.717) is 18.8 Å². The molecule has 3 nitrogen and oxygen atoms in total. The lowest BCUT2D eigenvalue weighted by Gasteiger charge is -2.13. The van der Waals surface area contributed by atoms with Gasteiger partial charge in [0.15, 0.2) is 0 Å². The molecule has 1 N–H and O–H groups in total. The third kappa shape index (κ3) is 5.85. The van der Waals surface area contributed by atoms with Crippen LogP contribution in [0.15, 0.2) is 30.3 Å². The minimum atomic E-state index is -3.17. The average molecular weight is 290 g/mol. The van der Waals surface area contributed by atoms with Crippen LogP contribution in [0.25, 0.3) is 0 Å². The highest BCUT2D eigenvalue weighted by molar-refractivity contribution is 7.89. The number of alkyl halides is 1. The number of rotatable bonds is 8. The Morgan fingerprint density at radius 1 is 1.22 bits per heavy atom. The summed E-state index contributed by atoms with van der Waals surface area (Å²) in [5.41, 5.74) is 1.14. The quantitative estimate of drug-likeness (QED) is 0.591. The van der Waals surface area contributed by atoms with Crippen LogP contribution < -0.4 is 4.72 Å². The van der Waals surface area contributed by atoms with Crippen molar-refractivity contribution in [3.05, 3.63) is 35.9 Å². The predicted octanol–water partition coefficient (Wildman–Crippen LogP) is 2.73. The van der Waals surface area contributed by atoms with Gasteiger partial charge in [-0.05, 0) is 24.3 Å². The Kier molecular flexibility index (Phi) is 6.68. The SMILES string of the molecule is CC(CNS(=O)(=O)CCCCCl)c1ccccc1. The summed E-state index contributed by atoms with van der Waals surface area (Å²) in [5.74, 6) is 0.839. The topological polar surface area (TPSA) is 46.2 Å². The molecule has 0 fully saturated rings. The summed E-state index contributed by atoms with van der Waals surface area (Å²) < 4.78 is 26.0. The highest BCUT2D eigenvalue weighted by Gasteiger charge is 2.12. The number of benzene rings is 1. The first-order chi connectivity index (χ1) is 8.55. The van der Waals surface area contributed by atoms with Crippen molar-refractivity contribution in [1.82, 2.24) is 4.72 Å². The molecule has 5 heteroatoms. The van der Waals surface area contributed by atoms with Gasteiger partial charge >= 0.3 is 0 Å². The van der Waals surface area contributed by atoms with Gasteiger partial charge in [-0.3, -0.25) is 0 Å². The molecule has 0 bridgehead atoms. The molecule has 1 rings (SSSR count). The molecule has 0 spiro atoms. The Hall–Kier alpha value is -0.580. The van der Waals surface area contributed by atoms with E-state index in [1.54, 1.807) is 0 Å². The van der Waals surface area contributed by atoms with Gasteiger partial charge < -0.3 is 0 Å². The van der Waals surface area contributed by atoms with Crippen molar-refractivity contribution in [2.75, 3.05) is 18.2 Å². The van der Waals surface area contributed by atoms with Gasteiger partial charge in [-0.2, -0.15) is 0 Å². The Morgan fingerprint density at radius 2 is 1.89 bits per heavy atom. The van der Waals surface area contributed by atoms with E-state index in [9.17, 15) is 8.42 Å². The summed E-state index contributed by atoms with van der Waals surface area (Å²) in [6, 6.07) is 9.88. The van der Waals surface area contributed by atoms with Crippen molar-refractivity contribution in [2.45, 2.75) is 25.7 Å². The highest BCUT2D eigenvalue weighted by atomic mass is 35.5. The van der Waals surface area contributed by atoms with Crippen LogP contribution >= 0.6 is 11.6 Å². The van der Waals surface area contributed by atoms with E-state index >= 15 is 0 Å². The molecule has 0 amide bonds. The molecule has 0 aliphatic heterocycles. The monoisotopic (exact) mass is 289 g/mol. The minimum Gasteiger partial charge on any atom is -0.215 e. The Bertz CT molecular complexity index is 434. The molecular weight excluding hydrogens is 270 g/mol. The second kappa shape index (κ2) is 7.77. The minimum absolute atomic E-state index is 0.154. The molecule has 1 atom stereocenters. The van der Waals surface area contributed by atoms with E-state index in [-0.39, 0.29) is 11.7 Å². The van der Waals surface area contributed by atoms with E-state index in [4.69, 9.17) is 11.6 Å². The largest absolute Gasteiger partial charge is 0.215 e. The fraction of sp³-hybridized carbons (Fsp3) is 0.538. The molecular formula is C13H20ClNO2S. The molecule has 0 aromatic heterocycles. The molecule has 1 aromatic carbocycles. The number of hydrogen-bond donors (Lipinski definition) is 1. The van der Waals surface area contributed by atoms with E-state index in [0.717, 1.165) is 12.0 Å². The maximum atomic E-state index is 11.7. The Balaban J connectivity index is 2.40. The van der Waals surface area contributed by atoms with Crippen LogP contribution in [0.1, 0.15) is 31.2 Å². The van der Waals surface area contributed by atoms with Crippen molar-refractivity contribution < 1.29 is 8.42 Å². The van der Waals surface area contributed by atoms with E-state index in [1.165, 1.54) is 0 Å². The van der Waals surface area contributed by atoms with E-state index < -0.39 is 10.0 Å². The molecule has 1 aromatic rings. The normalized spacial score (nSPS) is 13.4. The smallest absolute Gasteiger partial charge is 0.211 e. The van der Waals surface area contributed by atoms with Gasteiger partial charge in [0, 0.05) is 12.4 Å². The van der Waals surface area contributed by atoms with E-state index in [2.05, 4.69) is 4.72 Å². The molecule has 0 saturated heterocycles. The number of hydrogen-bond acceptors (Lipinski definition) is 2. The van der Waals surface area contributed by atoms with E-state index in [1.807, 2.05) is 37.3 Å². The van der Waals surface area contributed by atoms with Crippen LogP contribution in [0.3, 0.4) is 0 Å². The summed E-state index contributed by atoms with van der Waals surface area (Å²) in [7, 11) is -3.17. The Morgan fingerprint density at radius 3 is 2.50 bits per heavy atom. The van der Waals surface area contributed by atoms with Crippen molar-refractivity contribution in [3.8, 4) is 0 Å². The second-order valence-electron chi connectivity index (χ2n) is 4.38. The summed E-state index contributed by atoms with van der Waals surface area (Å²) in [6.07, 6.45) is 1.34. The van der Waals surface area contributed by atoms with Crippen molar-refractivity contribution in [2.24, 2.45) is 0 Å². The predicted molar refractivity (Wildman–Crippen MR) is 76.6 cm³/mol. The molecule has 18 heavy (non-hydrogen) atoms. The van der Waals surface area contributed by atoms with Crippen LogP contribution in [0.4, 0.5) is 0 Å². The zero-order chi connectivity index (χ0) is 13.4. The summed E-state index contributed by atoms with van der Waals surface area (Å²) >= 11 is 5.52. The number of nitrogens with one attached hydrogen (secondary N) is 1. The Labute approximate surface area is 115 Å². The number of halogens is 1. The maximum absolute atomic E-state index is 11.7. The molecule has 0 heterocycles. The van der Waals surface area contributed by atoms with Crippen LogP contribution in [0.2, 0.25) is 0 Å². The van der Waals surface area contributed by atoms with Crippen molar-refractivity contribution >= 4 is 21.6 Å². The first kappa shape index (κ1) is 15.5. The van der Waals surface area contributed by atoms with Gasteiger partial charge in [0.25, 0.3) is 0 Å². The third-order valence-corrected chi connectivity index (χ3v) is 4.47. The first-order valence-corrected chi connectivity index (χ1v) is 8.32. The standard InChI is InChI=1S/C13H20ClNO2S/c1-12(13-7-3-2-4-8-13)11-15-18(16,17)10-6-5-9-14/h2-4,7-8,12,15H,5-6,9-11H2,1H3. The lowest BCUT2D eigenvalue weighted by Crippen LogP contribution is -2.29. The zero-order valence-electron chi connectivity index (χ0n) is 10.6. The van der Waals surface area contributed by atoms with Gasteiger partial charge in [0.2, 0.25) is 10.0 Å². The molecule has 0 aliphatic rings. The lowest BCUT2D eigenvalue weighted by molar-refractivity contribution is 0.572. The molecule has 0 radical (unpaired) electrons. The van der Waals surface area contributed by atoms with Gasteiger partial charge in [-0.1, -0.05) is 37.3 Å². The van der Waals surface area contributed by atoms with Gasteiger partial charge in [0.1, 0.15) is 0 Å². The summed E-state index contributed by atoms with van der Waals surface area (Å²) in [5, 5.41) is 0. The van der Waals surface area contributed by atoms with Crippen LogP contribution in [0, 0.1) is 0 Å². The van der Waals surface area contributed by atoms with Gasteiger partial charge in [0.05, 0.1) is 5.75 Å².